The van der Waals surface area contributed by atoms with Crippen molar-refractivity contribution in [1.82, 2.24) is 4.72 Å². The van der Waals surface area contributed by atoms with E-state index in [2.05, 4.69) is 11.3 Å². The maximum absolute atomic E-state index is 11.7. The zero-order valence-corrected chi connectivity index (χ0v) is 13.0. The van der Waals surface area contributed by atoms with Gasteiger partial charge in [0.1, 0.15) is 9.84 Å². The highest BCUT2D eigenvalue weighted by atomic mass is 32.2. The molecular formula is C13H19NO4S2. The van der Waals surface area contributed by atoms with E-state index >= 15 is 0 Å². The molecule has 0 unspecified atom stereocenters. The third-order valence-electron chi connectivity index (χ3n) is 2.64. The van der Waals surface area contributed by atoms with E-state index in [-0.39, 0.29) is 24.5 Å². The van der Waals surface area contributed by atoms with E-state index in [1.165, 1.54) is 0 Å². The van der Waals surface area contributed by atoms with Gasteiger partial charge in [0.05, 0.1) is 11.5 Å². The van der Waals surface area contributed by atoms with Gasteiger partial charge in [0.15, 0.2) is 0 Å². The van der Waals surface area contributed by atoms with Gasteiger partial charge in [-0.15, -0.1) is 0 Å². The summed E-state index contributed by atoms with van der Waals surface area (Å²) >= 11 is 0. The van der Waals surface area contributed by atoms with Crippen molar-refractivity contribution < 1.29 is 16.8 Å². The lowest BCUT2D eigenvalue weighted by Crippen LogP contribution is -2.26. The molecule has 0 amide bonds. The van der Waals surface area contributed by atoms with Crippen molar-refractivity contribution >= 4 is 25.9 Å². The Labute approximate surface area is 120 Å². The fraction of sp³-hybridized carbons (Fsp3) is 0.385. The molecule has 0 heterocycles. The SMILES string of the molecule is C=Cc1ccc(CNS(=O)(=O)CCCS(C)(=O)=O)cc1. The average Bonchev–Trinajstić information content (AvgIpc) is 2.35. The largest absolute Gasteiger partial charge is 0.229 e. The summed E-state index contributed by atoms with van der Waals surface area (Å²) in [6.45, 7) is 3.83. The zero-order chi connectivity index (χ0) is 15.2. The molecule has 0 aromatic heterocycles. The molecule has 1 aromatic rings. The molecule has 1 aromatic carbocycles. The van der Waals surface area contributed by atoms with Gasteiger partial charge in [-0.2, -0.15) is 0 Å². The fourth-order valence-electron chi connectivity index (χ4n) is 1.55. The lowest BCUT2D eigenvalue weighted by atomic mass is 10.1. The van der Waals surface area contributed by atoms with Crippen LogP contribution < -0.4 is 4.72 Å². The number of sulfonamides is 1. The molecule has 0 saturated heterocycles. The Morgan fingerprint density at radius 3 is 2.20 bits per heavy atom. The highest BCUT2D eigenvalue weighted by molar-refractivity contribution is 7.91. The molecule has 7 heteroatoms. The van der Waals surface area contributed by atoms with Gasteiger partial charge in [-0.05, 0) is 17.5 Å². The van der Waals surface area contributed by atoms with E-state index in [9.17, 15) is 16.8 Å². The summed E-state index contributed by atoms with van der Waals surface area (Å²) < 4.78 is 47.7. The molecule has 0 aliphatic carbocycles. The van der Waals surface area contributed by atoms with Crippen molar-refractivity contribution in [2.45, 2.75) is 13.0 Å². The molecule has 112 valence electrons. The minimum atomic E-state index is -3.45. The highest BCUT2D eigenvalue weighted by Gasteiger charge is 2.11. The van der Waals surface area contributed by atoms with Gasteiger partial charge >= 0.3 is 0 Å². The first-order chi connectivity index (χ1) is 9.22. The Bertz CT molecular complexity index is 646. The van der Waals surface area contributed by atoms with Gasteiger partial charge in [0, 0.05) is 12.8 Å². The van der Waals surface area contributed by atoms with E-state index < -0.39 is 19.9 Å². The van der Waals surface area contributed by atoms with Crippen LogP contribution in [0.4, 0.5) is 0 Å². The molecule has 0 aliphatic heterocycles. The van der Waals surface area contributed by atoms with Crippen LogP contribution in [-0.4, -0.2) is 34.6 Å². The summed E-state index contributed by atoms with van der Waals surface area (Å²) in [4.78, 5) is 0. The Hall–Kier alpha value is -1.18. The summed E-state index contributed by atoms with van der Waals surface area (Å²) in [5.74, 6) is -0.313. The Balaban J connectivity index is 2.48. The minimum Gasteiger partial charge on any atom is -0.229 e. The molecule has 0 radical (unpaired) electrons. The van der Waals surface area contributed by atoms with Crippen LogP contribution in [0.1, 0.15) is 17.5 Å². The molecule has 20 heavy (non-hydrogen) atoms. The average molecular weight is 317 g/mol. The summed E-state index contributed by atoms with van der Waals surface area (Å²) in [5, 5.41) is 0. The lowest BCUT2D eigenvalue weighted by Gasteiger charge is -2.07. The first-order valence-corrected chi connectivity index (χ1v) is 9.79. The van der Waals surface area contributed by atoms with Gasteiger partial charge in [-0.25, -0.2) is 21.6 Å². The van der Waals surface area contributed by atoms with Gasteiger partial charge in [0.2, 0.25) is 10.0 Å². The second-order valence-electron chi connectivity index (χ2n) is 4.57. The highest BCUT2D eigenvalue weighted by Crippen LogP contribution is 2.06. The normalized spacial score (nSPS) is 12.2. The molecule has 0 atom stereocenters. The van der Waals surface area contributed by atoms with Crippen LogP contribution in [0.15, 0.2) is 30.8 Å². The minimum absolute atomic E-state index is 0.101. The first kappa shape index (κ1) is 16.9. The molecule has 0 bridgehead atoms. The van der Waals surface area contributed by atoms with Crippen LogP contribution in [0.25, 0.3) is 6.08 Å². The van der Waals surface area contributed by atoms with Crippen LogP contribution >= 0.6 is 0 Å². The molecule has 0 spiro atoms. The standard InChI is InChI=1S/C13H19NO4S2/c1-3-12-5-7-13(8-6-12)11-14-20(17,18)10-4-9-19(2,15)16/h3,5-8,14H,1,4,9-11H2,2H3. The molecule has 0 saturated carbocycles. The van der Waals surface area contributed by atoms with Crippen molar-refractivity contribution in [1.29, 1.82) is 0 Å². The number of hydrogen-bond donors (Lipinski definition) is 1. The van der Waals surface area contributed by atoms with Crippen molar-refractivity contribution in [3.05, 3.63) is 42.0 Å². The Morgan fingerprint density at radius 2 is 1.70 bits per heavy atom. The Morgan fingerprint density at radius 1 is 1.10 bits per heavy atom. The molecule has 0 fully saturated rings. The third kappa shape index (κ3) is 6.83. The molecule has 1 N–H and O–H groups in total. The summed E-state index contributed by atoms with van der Waals surface area (Å²) in [6.07, 6.45) is 2.90. The van der Waals surface area contributed by atoms with Gasteiger partial charge in [-0.3, -0.25) is 0 Å². The number of hydrogen-bond acceptors (Lipinski definition) is 4. The van der Waals surface area contributed by atoms with Crippen LogP contribution in [-0.2, 0) is 26.4 Å². The monoisotopic (exact) mass is 317 g/mol. The molecule has 5 nitrogen and oxygen atoms in total. The van der Waals surface area contributed by atoms with Crippen LogP contribution in [0.3, 0.4) is 0 Å². The van der Waals surface area contributed by atoms with Crippen molar-refractivity contribution in [3.63, 3.8) is 0 Å². The molecule has 1 rings (SSSR count). The lowest BCUT2D eigenvalue weighted by molar-refractivity contribution is 0.579. The van der Waals surface area contributed by atoms with Crippen molar-refractivity contribution in [3.8, 4) is 0 Å². The molecule has 0 aliphatic rings. The summed E-state index contributed by atoms with van der Waals surface area (Å²) in [5.41, 5.74) is 1.80. The maximum Gasteiger partial charge on any atom is 0.211 e. The number of rotatable bonds is 8. The second-order valence-corrected chi connectivity index (χ2v) is 8.76. The van der Waals surface area contributed by atoms with Crippen molar-refractivity contribution in [2.24, 2.45) is 0 Å². The van der Waals surface area contributed by atoms with Gasteiger partial charge in [0.25, 0.3) is 0 Å². The van der Waals surface area contributed by atoms with E-state index in [0.29, 0.717) is 0 Å². The predicted octanol–water partition coefficient (Wildman–Crippen LogP) is 1.18. The van der Waals surface area contributed by atoms with E-state index in [0.717, 1.165) is 17.4 Å². The predicted molar refractivity (Wildman–Crippen MR) is 81.5 cm³/mol. The number of nitrogens with one attached hydrogen (secondary N) is 1. The third-order valence-corrected chi connectivity index (χ3v) is 5.08. The van der Waals surface area contributed by atoms with Crippen LogP contribution in [0.5, 0.6) is 0 Å². The van der Waals surface area contributed by atoms with E-state index in [1.807, 2.05) is 24.3 Å². The second kappa shape index (κ2) is 7.01. The Kier molecular flexibility index (Phi) is 5.91. The molecular weight excluding hydrogens is 298 g/mol. The summed E-state index contributed by atoms with van der Waals surface area (Å²) in [7, 11) is -6.58. The fourth-order valence-corrected chi connectivity index (χ4v) is 3.45. The maximum atomic E-state index is 11.7. The van der Waals surface area contributed by atoms with Crippen molar-refractivity contribution in [2.75, 3.05) is 17.8 Å². The van der Waals surface area contributed by atoms with Crippen LogP contribution in [0, 0.1) is 0 Å². The number of benzene rings is 1. The van der Waals surface area contributed by atoms with E-state index in [1.54, 1.807) is 6.08 Å². The quantitative estimate of drug-likeness (QED) is 0.781. The number of sulfone groups is 1. The van der Waals surface area contributed by atoms with E-state index in [4.69, 9.17) is 0 Å². The smallest absolute Gasteiger partial charge is 0.211 e. The summed E-state index contributed by atoms with van der Waals surface area (Å²) in [6, 6.07) is 7.33. The van der Waals surface area contributed by atoms with Crippen LogP contribution in [0.2, 0.25) is 0 Å². The zero-order valence-electron chi connectivity index (χ0n) is 11.4. The first-order valence-electron chi connectivity index (χ1n) is 6.08. The van der Waals surface area contributed by atoms with Gasteiger partial charge < -0.3 is 0 Å². The topological polar surface area (TPSA) is 80.3 Å². The van der Waals surface area contributed by atoms with Gasteiger partial charge in [-0.1, -0.05) is 36.9 Å².